The number of amides is 1. The maximum Gasteiger partial charge on any atom is 0.261 e. The van der Waals surface area contributed by atoms with E-state index in [0.717, 1.165) is 17.7 Å². The zero-order valence-corrected chi connectivity index (χ0v) is 16.4. The highest BCUT2D eigenvalue weighted by Crippen LogP contribution is 2.24. The summed E-state index contributed by atoms with van der Waals surface area (Å²) in [6, 6.07) is 14.7. The zero-order valence-electron chi connectivity index (χ0n) is 15.7. The van der Waals surface area contributed by atoms with Crippen LogP contribution in [0.1, 0.15) is 38.8 Å². The molecule has 0 fully saturated rings. The van der Waals surface area contributed by atoms with Crippen molar-refractivity contribution in [3.63, 3.8) is 0 Å². The number of carbonyl (C=O) groups excluding carboxylic acids is 1. The Morgan fingerprint density at radius 2 is 1.58 bits per heavy atom. The number of rotatable bonds is 8. The van der Waals surface area contributed by atoms with Crippen molar-refractivity contribution in [1.82, 2.24) is 5.32 Å². The molecule has 1 amide bonds. The maximum atomic E-state index is 12.6. The normalized spacial score (nSPS) is 13.2. The van der Waals surface area contributed by atoms with Crippen molar-refractivity contribution in [2.24, 2.45) is 5.92 Å². The van der Waals surface area contributed by atoms with Crippen LogP contribution < -0.4 is 14.8 Å². The Bertz CT molecular complexity index is 698. The van der Waals surface area contributed by atoms with Crippen LogP contribution in [-0.4, -0.2) is 19.1 Å². The molecule has 0 bridgehead atoms. The third-order valence-electron chi connectivity index (χ3n) is 4.04. The summed E-state index contributed by atoms with van der Waals surface area (Å²) in [5, 5.41) is 3.73. The number of hydrogen-bond donors (Lipinski definition) is 1. The van der Waals surface area contributed by atoms with Crippen molar-refractivity contribution in [1.29, 1.82) is 0 Å². The molecule has 0 spiro atoms. The van der Waals surface area contributed by atoms with E-state index in [1.54, 1.807) is 38.3 Å². The van der Waals surface area contributed by atoms with E-state index in [0.29, 0.717) is 16.7 Å². The lowest BCUT2D eigenvalue weighted by molar-refractivity contribution is -0.128. The lowest BCUT2D eigenvalue weighted by Gasteiger charge is -2.23. The van der Waals surface area contributed by atoms with Gasteiger partial charge in [0.25, 0.3) is 5.91 Å². The molecule has 0 unspecified atom stereocenters. The van der Waals surface area contributed by atoms with Crippen LogP contribution in [0.2, 0.25) is 5.02 Å². The lowest BCUT2D eigenvalue weighted by atomic mass is 9.96. The first-order valence-corrected chi connectivity index (χ1v) is 9.13. The smallest absolute Gasteiger partial charge is 0.261 e. The Kier molecular flexibility index (Phi) is 7.34. The number of ether oxygens (including phenoxy) is 2. The number of carbonyl (C=O) groups is 1. The van der Waals surface area contributed by atoms with Crippen LogP contribution >= 0.6 is 11.6 Å². The molecule has 0 radical (unpaired) electrons. The van der Waals surface area contributed by atoms with Crippen molar-refractivity contribution >= 4 is 17.5 Å². The van der Waals surface area contributed by atoms with E-state index in [1.165, 1.54) is 0 Å². The van der Waals surface area contributed by atoms with Crippen molar-refractivity contribution in [3.05, 3.63) is 59.1 Å². The van der Waals surface area contributed by atoms with Crippen molar-refractivity contribution in [2.75, 3.05) is 7.11 Å². The molecule has 0 saturated heterocycles. The summed E-state index contributed by atoms with van der Waals surface area (Å²) in [7, 11) is 1.64. The summed E-state index contributed by atoms with van der Waals surface area (Å²) in [6.07, 6.45) is 0.232. The van der Waals surface area contributed by atoms with Gasteiger partial charge in [-0.3, -0.25) is 4.79 Å². The molecule has 0 aliphatic rings. The molecular weight excluding hydrogens is 350 g/mol. The van der Waals surface area contributed by atoms with E-state index in [1.807, 2.05) is 24.3 Å². The first-order valence-electron chi connectivity index (χ1n) is 8.75. The molecule has 0 aliphatic carbocycles. The predicted molar refractivity (Wildman–Crippen MR) is 105 cm³/mol. The van der Waals surface area contributed by atoms with Gasteiger partial charge >= 0.3 is 0 Å². The summed E-state index contributed by atoms with van der Waals surface area (Å²) in [5.41, 5.74) is 1.05. The second-order valence-corrected chi connectivity index (χ2v) is 7.11. The molecular formula is C21H26ClNO3. The lowest BCUT2D eigenvalue weighted by Crippen LogP contribution is -2.39. The van der Waals surface area contributed by atoms with Crippen LogP contribution in [0.4, 0.5) is 0 Å². The van der Waals surface area contributed by atoms with E-state index >= 15 is 0 Å². The summed E-state index contributed by atoms with van der Waals surface area (Å²) < 4.78 is 10.9. The molecule has 140 valence electrons. The quantitative estimate of drug-likeness (QED) is 0.704. The molecule has 5 heteroatoms. The van der Waals surface area contributed by atoms with Crippen LogP contribution in [0, 0.1) is 5.92 Å². The van der Waals surface area contributed by atoms with Gasteiger partial charge in [0, 0.05) is 5.02 Å². The Morgan fingerprint density at radius 1 is 1.00 bits per heavy atom. The van der Waals surface area contributed by atoms with Gasteiger partial charge in [-0.1, -0.05) is 37.6 Å². The Labute approximate surface area is 160 Å². The van der Waals surface area contributed by atoms with Crippen LogP contribution in [0.3, 0.4) is 0 Å². The Balaban J connectivity index is 2.05. The first-order chi connectivity index (χ1) is 12.4. The van der Waals surface area contributed by atoms with Crippen LogP contribution in [-0.2, 0) is 4.79 Å². The minimum atomic E-state index is -0.607. The highest BCUT2D eigenvalue weighted by Gasteiger charge is 2.21. The third kappa shape index (κ3) is 5.95. The minimum absolute atomic E-state index is 0.0790. The molecule has 0 saturated carbocycles. The topological polar surface area (TPSA) is 47.6 Å². The van der Waals surface area contributed by atoms with Gasteiger partial charge in [0.2, 0.25) is 0 Å². The molecule has 2 aromatic rings. The van der Waals surface area contributed by atoms with E-state index in [9.17, 15) is 4.79 Å². The fourth-order valence-corrected chi connectivity index (χ4v) is 2.77. The van der Waals surface area contributed by atoms with Gasteiger partial charge < -0.3 is 14.8 Å². The van der Waals surface area contributed by atoms with E-state index in [-0.39, 0.29) is 11.9 Å². The van der Waals surface area contributed by atoms with E-state index in [4.69, 9.17) is 21.1 Å². The Morgan fingerprint density at radius 3 is 2.12 bits per heavy atom. The molecule has 0 aromatic heterocycles. The van der Waals surface area contributed by atoms with Crippen LogP contribution in [0.25, 0.3) is 0 Å². The first kappa shape index (κ1) is 20.1. The SMILES string of the molecule is COc1ccc([C@@H](CC(C)C)NC(=O)[C@@H](C)Oc2ccc(Cl)cc2)cc1. The van der Waals surface area contributed by atoms with Crippen LogP contribution in [0.5, 0.6) is 11.5 Å². The van der Waals surface area contributed by atoms with Gasteiger partial charge in [-0.25, -0.2) is 0 Å². The van der Waals surface area contributed by atoms with Gasteiger partial charge in [0.05, 0.1) is 13.2 Å². The van der Waals surface area contributed by atoms with Crippen molar-refractivity contribution < 1.29 is 14.3 Å². The van der Waals surface area contributed by atoms with E-state index < -0.39 is 6.10 Å². The molecule has 2 aromatic carbocycles. The predicted octanol–water partition coefficient (Wildman–Crippen LogP) is 5.02. The largest absolute Gasteiger partial charge is 0.497 e. The second-order valence-electron chi connectivity index (χ2n) is 6.68. The number of hydrogen-bond acceptors (Lipinski definition) is 3. The molecule has 0 heterocycles. The molecule has 26 heavy (non-hydrogen) atoms. The molecule has 2 atom stereocenters. The Hall–Kier alpha value is -2.20. The monoisotopic (exact) mass is 375 g/mol. The minimum Gasteiger partial charge on any atom is -0.497 e. The average Bonchev–Trinajstić information content (AvgIpc) is 2.62. The summed E-state index contributed by atoms with van der Waals surface area (Å²) in [5.74, 6) is 1.70. The summed E-state index contributed by atoms with van der Waals surface area (Å²) in [4.78, 5) is 12.6. The fraction of sp³-hybridized carbons (Fsp3) is 0.381. The van der Waals surface area contributed by atoms with Gasteiger partial charge in [0.1, 0.15) is 11.5 Å². The highest BCUT2D eigenvalue weighted by molar-refractivity contribution is 6.30. The van der Waals surface area contributed by atoms with Gasteiger partial charge in [-0.15, -0.1) is 0 Å². The number of benzene rings is 2. The number of methoxy groups -OCH3 is 1. The van der Waals surface area contributed by atoms with Crippen molar-refractivity contribution in [3.8, 4) is 11.5 Å². The molecule has 1 N–H and O–H groups in total. The fourth-order valence-electron chi connectivity index (χ4n) is 2.65. The average molecular weight is 376 g/mol. The van der Waals surface area contributed by atoms with Crippen LogP contribution in [0.15, 0.2) is 48.5 Å². The second kappa shape index (κ2) is 9.48. The summed E-state index contributed by atoms with van der Waals surface area (Å²) >= 11 is 5.87. The molecule has 0 aliphatic heterocycles. The highest BCUT2D eigenvalue weighted by atomic mass is 35.5. The van der Waals surface area contributed by atoms with Gasteiger partial charge in [-0.05, 0) is 61.2 Å². The number of halogens is 1. The van der Waals surface area contributed by atoms with Gasteiger partial charge in [0.15, 0.2) is 6.10 Å². The van der Waals surface area contributed by atoms with Gasteiger partial charge in [-0.2, -0.15) is 0 Å². The standard InChI is InChI=1S/C21H26ClNO3/c1-14(2)13-20(16-5-9-18(25-4)10-6-16)23-21(24)15(3)26-19-11-7-17(22)8-12-19/h5-12,14-15,20H,13H2,1-4H3,(H,23,24)/t15-,20-/m1/s1. The third-order valence-corrected chi connectivity index (χ3v) is 4.29. The molecule has 4 nitrogen and oxygen atoms in total. The zero-order chi connectivity index (χ0) is 19.1. The number of nitrogens with one attached hydrogen (secondary N) is 1. The van der Waals surface area contributed by atoms with E-state index in [2.05, 4.69) is 19.2 Å². The summed E-state index contributed by atoms with van der Waals surface area (Å²) in [6.45, 7) is 6.01. The van der Waals surface area contributed by atoms with Crippen molar-refractivity contribution in [2.45, 2.75) is 39.3 Å². The maximum absolute atomic E-state index is 12.6. The molecule has 2 rings (SSSR count).